The van der Waals surface area contributed by atoms with E-state index in [1.54, 1.807) is 6.92 Å². The normalized spacial score (nSPS) is 11.3. The SMILES string of the molecule is CCOC(=O)c1cn[nH]c1S(=O)(=O)Nc1ccc(-n2cncn2)c(F)c1. The number of anilines is 1. The van der Waals surface area contributed by atoms with Crippen molar-refractivity contribution < 1.29 is 22.3 Å². The molecule has 2 aromatic heterocycles. The fraction of sp³-hybridized carbons (Fsp3) is 0.143. The molecule has 0 atom stereocenters. The van der Waals surface area contributed by atoms with E-state index in [2.05, 4.69) is 25.0 Å². The van der Waals surface area contributed by atoms with Crippen LogP contribution < -0.4 is 4.72 Å². The minimum absolute atomic E-state index is 0.0456. The lowest BCUT2D eigenvalue weighted by atomic mass is 10.3. The number of esters is 1. The molecule has 136 valence electrons. The van der Waals surface area contributed by atoms with E-state index in [4.69, 9.17) is 4.74 Å². The Bertz CT molecular complexity index is 1030. The zero-order valence-electron chi connectivity index (χ0n) is 13.4. The highest BCUT2D eigenvalue weighted by atomic mass is 32.2. The minimum atomic E-state index is -4.22. The van der Waals surface area contributed by atoms with Crippen molar-refractivity contribution in [2.45, 2.75) is 11.9 Å². The van der Waals surface area contributed by atoms with Crippen LogP contribution in [0.4, 0.5) is 10.1 Å². The summed E-state index contributed by atoms with van der Waals surface area (Å²) in [5.41, 5.74) is -0.200. The fourth-order valence-electron chi connectivity index (χ4n) is 2.13. The lowest BCUT2D eigenvalue weighted by molar-refractivity contribution is 0.0522. The van der Waals surface area contributed by atoms with Crippen LogP contribution in [0.15, 0.2) is 42.1 Å². The van der Waals surface area contributed by atoms with Gasteiger partial charge in [-0.05, 0) is 19.1 Å². The fourth-order valence-corrected chi connectivity index (χ4v) is 3.27. The molecule has 3 aromatic rings. The number of carbonyl (C=O) groups is 1. The Morgan fingerprint density at radius 3 is 2.88 bits per heavy atom. The molecule has 2 N–H and O–H groups in total. The maximum Gasteiger partial charge on any atom is 0.342 e. The van der Waals surface area contributed by atoms with E-state index >= 15 is 0 Å². The number of ether oxygens (including phenoxy) is 1. The number of H-pyrrole nitrogens is 1. The van der Waals surface area contributed by atoms with Gasteiger partial charge in [-0.2, -0.15) is 18.6 Å². The smallest absolute Gasteiger partial charge is 0.342 e. The van der Waals surface area contributed by atoms with Crippen molar-refractivity contribution in [3.05, 3.63) is 48.4 Å². The van der Waals surface area contributed by atoms with Crippen LogP contribution in [0.3, 0.4) is 0 Å². The largest absolute Gasteiger partial charge is 0.462 e. The standard InChI is InChI=1S/C14H13FN6O4S/c1-2-25-14(22)10-6-17-19-13(10)26(23,24)20-9-3-4-12(11(15)5-9)21-8-16-7-18-21/h3-8,20H,2H2,1H3,(H,17,19). The first-order valence-electron chi connectivity index (χ1n) is 7.30. The van der Waals surface area contributed by atoms with E-state index < -0.39 is 26.8 Å². The highest BCUT2D eigenvalue weighted by Gasteiger charge is 2.26. The first kappa shape index (κ1) is 17.5. The molecule has 0 radical (unpaired) electrons. The Balaban J connectivity index is 1.88. The number of nitrogens with zero attached hydrogens (tertiary/aromatic N) is 4. The molecular weight excluding hydrogens is 367 g/mol. The molecule has 26 heavy (non-hydrogen) atoms. The minimum Gasteiger partial charge on any atom is -0.462 e. The molecular formula is C14H13FN6O4S. The van der Waals surface area contributed by atoms with Crippen molar-refractivity contribution in [3.8, 4) is 5.69 Å². The summed E-state index contributed by atoms with van der Waals surface area (Å²) in [7, 11) is -4.22. The van der Waals surface area contributed by atoms with Crippen molar-refractivity contribution in [1.29, 1.82) is 0 Å². The third-order valence-corrected chi connectivity index (χ3v) is 4.59. The zero-order chi connectivity index (χ0) is 18.7. The summed E-state index contributed by atoms with van der Waals surface area (Å²) in [6.45, 7) is 1.66. The summed E-state index contributed by atoms with van der Waals surface area (Å²) >= 11 is 0. The van der Waals surface area contributed by atoms with Crippen LogP contribution >= 0.6 is 0 Å². The Morgan fingerprint density at radius 1 is 1.42 bits per heavy atom. The molecule has 0 bridgehead atoms. The van der Waals surface area contributed by atoms with Gasteiger partial charge < -0.3 is 4.74 Å². The predicted octanol–water partition coefficient (Wildman–Crippen LogP) is 1.11. The second kappa shape index (κ2) is 6.92. The summed E-state index contributed by atoms with van der Waals surface area (Å²) < 4.78 is 47.3. The second-order valence-corrected chi connectivity index (χ2v) is 6.56. The van der Waals surface area contributed by atoms with E-state index in [1.807, 2.05) is 0 Å². The van der Waals surface area contributed by atoms with Crippen molar-refractivity contribution in [2.75, 3.05) is 11.3 Å². The summed E-state index contributed by atoms with van der Waals surface area (Å²) in [4.78, 5) is 15.5. The van der Waals surface area contributed by atoms with E-state index in [1.165, 1.54) is 29.5 Å². The number of hydrogen-bond donors (Lipinski definition) is 2. The van der Waals surface area contributed by atoms with Crippen LogP contribution in [0.2, 0.25) is 0 Å². The molecule has 0 fully saturated rings. The molecule has 10 nitrogen and oxygen atoms in total. The number of hydrogen-bond acceptors (Lipinski definition) is 7. The topological polar surface area (TPSA) is 132 Å². The Morgan fingerprint density at radius 2 is 2.23 bits per heavy atom. The molecule has 0 spiro atoms. The Kier molecular flexibility index (Phi) is 4.67. The number of sulfonamides is 1. The van der Waals surface area contributed by atoms with Crippen molar-refractivity contribution >= 4 is 21.7 Å². The van der Waals surface area contributed by atoms with Crippen LogP contribution in [0.1, 0.15) is 17.3 Å². The molecule has 2 heterocycles. The van der Waals surface area contributed by atoms with Crippen LogP contribution in [0.25, 0.3) is 5.69 Å². The molecule has 12 heteroatoms. The molecule has 0 aliphatic rings. The number of benzene rings is 1. The molecule has 0 amide bonds. The molecule has 0 aliphatic carbocycles. The molecule has 0 saturated heterocycles. The van der Waals surface area contributed by atoms with Crippen LogP contribution in [-0.4, -0.2) is 46.0 Å². The van der Waals surface area contributed by atoms with E-state index in [9.17, 15) is 17.6 Å². The van der Waals surface area contributed by atoms with Gasteiger partial charge in [0.15, 0.2) is 10.8 Å². The number of rotatable bonds is 6. The summed E-state index contributed by atoms with van der Waals surface area (Å²) in [5, 5.41) is 9.13. The highest BCUT2D eigenvalue weighted by Crippen LogP contribution is 2.21. The maximum absolute atomic E-state index is 14.2. The number of aromatic amines is 1. The van der Waals surface area contributed by atoms with Gasteiger partial charge in [0.2, 0.25) is 0 Å². The lowest BCUT2D eigenvalue weighted by Gasteiger charge is -2.09. The first-order valence-corrected chi connectivity index (χ1v) is 8.78. The van der Waals surface area contributed by atoms with Gasteiger partial charge >= 0.3 is 5.97 Å². The number of nitrogens with one attached hydrogen (secondary N) is 2. The van der Waals surface area contributed by atoms with Gasteiger partial charge in [0.05, 0.1) is 18.5 Å². The predicted molar refractivity (Wildman–Crippen MR) is 86.7 cm³/mol. The van der Waals surface area contributed by atoms with Gasteiger partial charge in [-0.1, -0.05) is 0 Å². The van der Waals surface area contributed by atoms with Gasteiger partial charge in [-0.3, -0.25) is 9.82 Å². The third kappa shape index (κ3) is 3.39. The second-order valence-electron chi connectivity index (χ2n) is 4.95. The van der Waals surface area contributed by atoms with Gasteiger partial charge in [-0.15, -0.1) is 0 Å². The van der Waals surface area contributed by atoms with Gasteiger partial charge in [-0.25, -0.2) is 18.9 Å². The van der Waals surface area contributed by atoms with Gasteiger partial charge in [0, 0.05) is 6.07 Å². The van der Waals surface area contributed by atoms with Crippen molar-refractivity contribution in [3.63, 3.8) is 0 Å². The lowest BCUT2D eigenvalue weighted by Crippen LogP contribution is -2.18. The Labute approximate surface area is 147 Å². The van der Waals surface area contributed by atoms with Crippen molar-refractivity contribution in [2.24, 2.45) is 0 Å². The van der Waals surface area contributed by atoms with Crippen LogP contribution in [0, 0.1) is 5.82 Å². The van der Waals surface area contributed by atoms with E-state index in [0.717, 1.165) is 12.3 Å². The monoisotopic (exact) mass is 380 g/mol. The average Bonchev–Trinajstić information content (AvgIpc) is 3.27. The summed E-state index contributed by atoms with van der Waals surface area (Å²) in [5.74, 6) is -1.56. The first-order chi connectivity index (χ1) is 12.4. The molecule has 0 aliphatic heterocycles. The van der Waals surface area contributed by atoms with Gasteiger partial charge in [0.25, 0.3) is 10.0 Å². The molecule has 3 rings (SSSR count). The summed E-state index contributed by atoms with van der Waals surface area (Å²) in [6, 6.07) is 3.66. The third-order valence-electron chi connectivity index (χ3n) is 3.23. The quantitative estimate of drug-likeness (QED) is 0.612. The number of halogens is 1. The van der Waals surface area contributed by atoms with Crippen LogP contribution in [0.5, 0.6) is 0 Å². The van der Waals surface area contributed by atoms with Crippen molar-refractivity contribution in [1.82, 2.24) is 25.0 Å². The maximum atomic E-state index is 14.2. The zero-order valence-corrected chi connectivity index (χ0v) is 14.2. The van der Waals surface area contributed by atoms with Gasteiger partial charge in [0.1, 0.15) is 23.9 Å². The molecule has 0 unspecified atom stereocenters. The average molecular weight is 380 g/mol. The molecule has 1 aromatic carbocycles. The highest BCUT2D eigenvalue weighted by molar-refractivity contribution is 7.92. The Hall–Kier alpha value is -3.28. The number of aromatic nitrogens is 5. The number of carbonyl (C=O) groups excluding carboxylic acids is 1. The van der Waals surface area contributed by atoms with E-state index in [0.29, 0.717) is 0 Å². The van der Waals surface area contributed by atoms with E-state index in [-0.39, 0.29) is 23.5 Å². The molecule has 0 saturated carbocycles. The van der Waals surface area contributed by atoms with Crippen LogP contribution in [-0.2, 0) is 14.8 Å². The summed E-state index contributed by atoms with van der Waals surface area (Å²) in [6.07, 6.45) is 3.59.